The van der Waals surface area contributed by atoms with Crippen molar-refractivity contribution in [1.29, 1.82) is 0 Å². The minimum Gasteiger partial charge on any atom is -0.399 e. The number of nitro groups is 1. The van der Waals surface area contributed by atoms with E-state index >= 15 is 0 Å². The van der Waals surface area contributed by atoms with E-state index in [1.807, 2.05) is 18.4 Å². The van der Waals surface area contributed by atoms with Crippen LogP contribution in [0.25, 0.3) is 5.82 Å². The average Bonchev–Trinajstić information content (AvgIpc) is 3.04. The number of rotatable bonds is 5. The Balaban J connectivity index is 2.06. The molecule has 0 unspecified atom stereocenters. The van der Waals surface area contributed by atoms with Crippen LogP contribution >= 0.6 is 0 Å². The van der Waals surface area contributed by atoms with Crippen LogP contribution in [0.2, 0.25) is 0 Å². The Kier molecular flexibility index (Phi) is 4.34. The summed E-state index contributed by atoms with van der Waals surface area (Å²) in [7, 11) is 0. The van der Waals surface area contributed by atoms with E-state index in [2.05, 4.69) is 15.3 Å². The summed E-state index contributed by atoms with van der Waals surface area (Å²) < 4.78 is 1.82. The monoisotopic (exact) mass is 338 g/mol. The molecule has 0 amide bonds. The fourth-order valence-electron chi connectivity index (χ4n) is 2.50. The van der Waals surface area contributed by atoms with Crippen LogP contribution < -0.4 is 11.1 Å². The Hall–Kier alpha value is -3.42. The number of aromatic nitrogens is 3. The van der Waals surface area contributed by atoms with E-state index in [1.54, 1.807) is 42.7 Å². The third kappa shape index (κ3) is 3.42. The van der Waals surface area contributed by atoms with Crippen molar-refractivity contribution in [3.63, 3.8) is 0 Å². The van der Waals surface area contributed by atoms with Gasteiger partial charge in [-0.05, 0) is 24.3 Å². The van der Waals surface area contributed by atoms with Gasteiger partial charge in [-0.2, -0.15) is 0 Å². The van der Waals surface area contributed by atoms with E-state index in [-0.39, 0.29) is 17.4 Å². The standard InChI is InChI=1S/C17H18N6O2/c1-11(2)17-19-8-9-22(17)15-7-6-14(23(24)25)16(21-15)20-13-5-3-4-12(18)10-13/h3-11H,18H2,1-2H3,(H,20,21). The predicted octanol–water partition coefficient (Wildman–Crippen LogP) is 3.62. The fraction of sp³-hybridized carbons (Fsp3) is 0.176. The van der Waals surface area contributed by atoms with Crippen LogP contribution in [-0.4, -0.2) is 19.5 Å². The van der Waals surface area contributed by atoms with Gasteiger partial charge in [0.1, 0.15) is 11.6 Å². The second-order valence-corrected chi connectivity index (χ2v) is 5.85. The number of pyridine rings is 1. The van der Waals surface area contributed by atoms with Crippen molar-refractivity contribution in [3.05, 3.63) is 64.7 Å². The van der Waals surface area contributed by atoms with Crippen LogP contribution in [0.3, 0.4) is 0 Å². The van der Waals surface area contributed by atoms with Gasteiger partial charge in [0.15, 0.2) is 0 Å². The smallest absolute Gasteiger partial charge is 0.311 e. The second-order valence-electron chi connectivity index (χ2n) is 5.85. The molecule has 0 bridgehead atoms. The summed E-state index contributed by atoms with van der Waals surface area (Å²) >= 11 is 0. The Bertz CT molecular complexity index is 919. The zero-order valence-corrected chi connectivity index (χ0v) is 13.9. The lowest BCUT2D eigenvalue weighted by Gasteiger charge is -2.12. The Morgan fingerprint density at radius 3 is 2.76 bits per heavy atom. The Labute approximate surface area is 144 Å². The molecule has 1 aromatic carbocycles. The first-order chi connectivity index (χ1) is 12.0. The molecule has 2 heterocycles. The minimum absolute atomic E-state index is 0.114. The summed E-state index contributed by atoms with van der Waals surface area (Å²) in [6, 6.07) is 10.0. The molecule has 8 heteroatoms. The summed E-state index contributed by atoms with van der Waals surface area (Å²) in [6.45, 7) is 4.05. The van der Waals surface area contributed by atoms with Crippen LogP contribution in [0.15, 0.2) is 48.8 Å². The minimum atomic E-state index is -0.470. The molecule has 128 valence electrons. The Morgan fingerprint density at radius 2 is 2.08 bits per heavy atom. The third-order valence-corrected chi connectivity index (χ3v) is 3.64. The van der Waals surface area contributed by atoms with E-state index in [0.29, 0.717) is 17.2 Å². The maximum Gasteiger partial charge on any atom is 0.311 e. The summed E-state index contributed by atoms with van der Waals surface area (Å²) in [5.74, 6) is 1.73. The van der Waals surface area contributed by atoms with Gasteiger partial charge >= 0.3 is 5.69 Å². The number of anilines is 3. The lowest BCUT2D eigenvalue weighted by molar-refractivity contribution is -0.384. The van der Waals surface area contributed by atoms with Crippen LogP contribution in [0.5, 0.6) is 0 Å². The van der Waals surface area contributed by atoms with E-state index in [4.69, 9.17) is 5.73 Å². The van der Waals surface area contributed by atoms with Gasteiger partial charge in [0.25, 0.3) is 0 Å². The molecule has 8 nitrogen and oxygen atoms in total. The zero-order chi connectivity index (χ0) is 18.0. The first-order valence-electron chi connectivity index (χ1n) is 7.77. The summed E-state index contributed by atoms with van der Waals surface area (Å²) in [5, 5.41) is 14.3. The molecule has 25 heavy (non-hydrogen) atoms. The van der Waals surface area contributed by atoms with Crippen LogP contribution in [0, 0.1) is 10.1 Å². The molecule has 0 saturated carbocycles. The Morgan fingerprint density at radius 1 is 1.28 bits per heavy atom. The van der Waals surface area contributed by atoms with Crippen molar-refractivity contribution in [2.75, 3.05) is 11.1 Å². The third-order valence-electron chi connectivity index (χ3n) is 3.64. The highest BCUT2D eigenvalue weighted by molar-refractivity contribution is 5.68. The number of imidazole rings is 1. The molecular weight excluding hydrogens is 320 g/mol. The first-order valence-corrected chi connectivity index (χ1v) is 7.77. The van der Waals surface area contributed by atoms with E-state index in [9.17, 15) is 10.1 Å². The number of hydrogen-bond acceptors (Lipinski definition) is 6. The number of nitrogens with two attached hydrogens (primary N) is 1. The lowest BCUT2D eigenvalue weighted by atomic mass is 10.2. The van der Waals surface area contributed by atoms with Crippen molar-refractivity contribution in [2.45, 2.75) is 19.8 Å². The maximum absolute atomic E-state index is 11.3. The molecule has 3 aromatic rings. The molecule has 0 spiro atoms. The summed E-state index contributed by atoms with van der Waals surface area (Å²) in [5.41, 5.74) is 6.83. The molecule has 0 atom stereocenters. The topological polar surface area (TPSA) is 112 Å². The highest BCUT2D eigenvalue weighted by Gasteiger charge is 2.18. The van der Waals surface area contributed by atoms with Crippen LogP contribution in [0.4, 0.5) is 22.9 Å². The van der Waals surface area contributed by atoms with E-state index in [0.717, 1.165) is 5.82 Å². The number of nitrogens with one attached hydrogen (secondary N) is 1. The summed E-state index contributed by atoms with van der Waals surface area (Å²) in [6.07, 6.45) is 3.47. The summed E-state index contributed by atoms with van der Waals surface area (Å²) in [4.78, 5) is 19.6. The molecule has 0 saturated heterocycles. The molecule has 2 aromatic heterocycles. The van der Waals surface area contributed by atoms with Gasteiger partial charge in [0.05, 0.1) is 4.92 Å². The molecule has 3 rings (SSSR count). The van der Waals surface area contributed by atoms with Crippen molar-refractivity contribution in [3.8, 4) is 5.82 Å². The van der Waals surface area contributed by atoms with Gasteiger partial charge < -0.3 is 11.1 Å². The molecule has 0 aliphatic carbocycles. The maximum atomic E-state index is 11.3. The number of nitrogen functional groups attached to an aromatic ring is 1. The molecular formula is C17H18N6O2. The number of hydrogen-bond donors (Lipinski definition) is 2. The number of benzene rings is 1. The zero-order valence-electron chi connectivity index (χ0n) is 13.9. The first kappa shape index (κ1) is 16.4. The van der Waals surface area contributed by atoms with Crippen molar-refractivity contribution in [1.82, 2.24) is 14.5 Å². The highest BCUT2D eigenvalue weighted by Crippen LogP contribution is 2.28. The van der Waals surface area contributed by atoms with Gasteiger partial charge in [0, 0.05) is 35.8 Å². The van der Waals surface area contributed by atoms with E-state index < -0.39 is 4.92 Å². The second kappa shape index (κ2) is 6.60. The fourth-order valence-corrected chi connectivity index (χ4v) is 2.50. The van der Waals surface area contributed by atoms with Gasteiger partial charge in [-0.15, -0.1) is 0 Å². The quantitative estimate of drug-likeness (QED) is 0.417. The number of nitrogens with zero attached hydrogens (tertiary/aromatic N) is 4. The molecule has 0 radical (unpaired) electrons. The normalized spacial score (nSPS) is 10.8. The van der Waals surface area contributed by atoms with Crippen LogP contribution in [-0.2, 0) is 0 Å². The molecule has 3 N–H and O–H groups in total. The van der Waals surface area contributed by atoms with Gasteiger partial charge in [-0.3, -0.25) is 14.7 Å². The predicted molar refractivity (Wildman–Crippen MR) is 96.2 cm³/mol. The average molecular weight is 338 g/mol. The van der Waals surface area contributed by atoms with Gasteiger partial charge in [-0.1, -0.05) is 19.9 Å². The molecule has 0 aliphatic heterocycles. The lowest BCUT2D eigenvalue weighted by Crippen LogP contribution is -2.07. The molecule has 0 aliphatic rings. The molecule has 0 fully saturated rings. The largest absolute Gasteiger partial charge is 0.399 e. The SMILES string of the molecule is CC(C)c1nccn1-c1ccc([N+](=O)[O-])c(Nc2cccc(N)c2)n1. The highest BCUT2D eigenvalue weighted by atomic mass is 16.6. The van der Waals surface area contributed by atoms with Crippen molar-refractivity contribution < 1.29 is 4.92 Å². The van der Waals surface area contributed by atoms with Crippen molar-refractivity contribution >= 4 is 22.9 Å². The van der Waals surface area contributed by atoms with Crippen molar-refractivity contribution in [2.24, 2.45) is 0 Å². The van der Waals surface area contributed by atoms with Gasteiger partial charge in [-0.25, -0.2) is 9.97 Å². The van der Waals surface area contributed by atoms with Crippen LogP contribution in [0.1, 0.15) is 25.6 Å². The van der Waals surface area contributed by atoms with E-state index in [1.165, 1.54) is 6.07 Å². The van der Waals surface area contributed by atoms with Gasteiger partial charge in [0.2, 0.25) is 5.82 Å².